The summed E-state index contributed by atoms with van der Waals surface area (Å²) < 4.78 is 5.37. The van der Waals surface area contributed by atoms with E-state index in [4.69, 9.17) is 4.74 Å². The van der Waals surface area contributed by atoms with Crippen LogP contribution in [0.1, 0.15) is 14.5 Å². The van der Waals surface area contributed by atoms with Crippen molar-refractivity contribution in [3.05, 3.63) is 45.5 Å². The van der Waals surface area contributed by atoms with Gasteiger partial charge >= 0.3 is 0 Å². The zero-order valence-electron chi connectivity index (χ0n) is 13.2. The number of anilines is 2. The molecule has 4 rings (SSSR count). The van der Waals surface area contributed by atoms with Crippen LogP contribution in [0.3, 0.4) is 0 Å². The molecule has 25 heavy (non-hydrogen) atoms. The Balaban J connectivity index is 1.61. The maximum Gasteiger partial charge on any atom is 0.267 e. The predicted molar refractivity (Wildman–Crippen MR) is 98.7 cm³/mol. The molecule has 1 aliphatic rings. The van der Waals surface area contributed by atoms with Gasteiger partial charge in [0.2, 0.25) is 0 Å². The maximum atomic E-state index is 12.2. The van der Waals surface area contributed by atoms with Gasteiger partial charge in [-0.15, -0.1) is 22.7 Å². The maximum absolute atomic E-state index is 12.2. The molecule has 0 spiro atoms. The Morgan fingerprint density at radius 1 is 1.36 bits per heavy atom. The molecule has 8 heteroatoms. The molecule has 1 aliphatic heterocycles. The molecule has 2 aromatic heterocycles. The summed E-state index contributed by atoms with van der Waals surface area (Å²) in [4.78, 5) is 29.8. The number of benzene rings is 1. The van der Waals surface area contributed by atoms with Crippen molar-refractivity contribution in [2.45, 2.75) is 6.92 Å². The molecule has 3 aromatic rings. The van der Waals surface area contributed by atoms with Gasteiger partial charge in [-0.3, -0.25) is 14.9 Å². The van der Waals surface area contributed by atoms with Gasteiger partial charge in [0.25, 0.3) is 11.8 Å². The van der Waals surface area contributed by atoms with Crippen molar-refractivity contribution in [2.24, 2.45) is 0 Å². The summed E-state index contributed by atoms with van der Waals surface area (Å²) in [5.41, 5.74) is 2.26. The number of carbonyl (C=O) groups excluding carboxylic acids is 2. The topological polar surface area (TPSA) is 80.3 Å². The first-order valence-electron chi connectivity index (χ1n) is 7.49. The Morgan fingerprint density at radius 3 is 3.04 bits per heavy atom. The van der Waals surface area contributed by atoms with Gasteiger partial charge in [-0.1, -0.05) is 6.07 Å². The third-order valence-corrected chi connectivity index (χ3v) is 5.40. The van der Waals surface area contributed by atoms with E-state index in [9.17, 15) is 9.59 Å². The second-order valence-corrected chi connectivity index (χ2v) is 7.55. The highest BCUT2D eigenvalue weighted by Crippen LogP contribution is 2.36. The molecule has 3 heterocycles. The van der Waals surface area contributed by atoms with Crippen LogP contribution in [0.4, 0.5) is 10.8 Å². The predicted octanol–water partition coefficient (Wildman–Crippen LogP) is 3.76. The van der Waals surface area contributed by atoms with Crippen LogP contribution in [-0.4, -0.2) is 23.4 Å². The molecular formula is C17H13N3O3S2. The number of nitrogens with one attached hydrogen (secondary N) is 2. The standard InChI is InChI=1S/C17H13N3O3S2/c1-9-15(10-4-5-12-11(7-10)18-14(21)8-23-12)19-17(25-9)20-16(22)13-3-2-6-24-13/h2-7H,8H2,1H3,(H,18,21)(H,19,20,22). The Hall–Kier alpha value is -2.71. The van der Waals surface area contributed by atoms with Gasteiger partial charge in [0.1, 0.15) is 5.75 Å². The number of hydrogen-bond donors (Lipinski definition) is 2. The Morgan fingerprint density at radius 2 is 2.24 bits per heavy atom. The van der Waals surface area contributed by atoms with Crippen LogP contribution in [-0.2, 0) is 4.79 Å². The van der Waals surface area contributed by atoms with E-state index in [1.54, 1.807) is 6.07 Å². The number of thiazole rings is 1. The van der Waals surface area contributed by atoms with E-state index >= 15 is 0 Å². The van der Waals surface area contributed by atoms with Gasteiger partial charge in [-0.05, 0) is 36.6 Å². The molecule has 1 aromatic carbocycles. The van der Waals surface area contributed by atoms with Crippen LogP contribution in [0.25, 0.3) is 11.3 Å². The fourth-order valence-corrected chi connectivity index (χ4v) is 3.96. The first-order valence-corrected chi connectivity index (χ1v) is 9.19. The number of aryl methyl sites for hydroxylation is 1. The summed E-state index contributed by atoms with van der Waals surface area (Å²) in [6, 6.07) is 9.14. The molecule has 0 atom stereocenters. The number of carbonyl (C=O) groups is 2. The Kier molecular flexibility index (Phi) is 3.98. The molecule has 6 nitrogen and oxygen atoms in total. The van der Waals surface area contributed by atoms with E-state index < -0.39 is 0 Å². The van der Waals surface area contributed by atoms with Gasteiger partial charge in [0, 0.05) is 10.4 Å². The lowest BCUT2D eigenvalue weighted by molar-refractivity contribution is -0.118. The van der Waals surface area contributed by atoms with Crippen LogP contribution >= 0.6 is 22.7 Å². The van der Waals surface area contributed by atoms with Crippen molar-refractivity contribution in [1.29, 1.82) is 0 Å². The number of hydrogen-bond acceptors (Lipinski definition) is 6. The second kappa shape index (κ2) is 6.30. The van der Waals surface area contributed by atoms with Gasteiger partial charge < -0.3 is 10.1 Å². The minimum absolute atomic E-state index is 0.0287. The molecule has 0 unspecified atom stereocenters. The summed E-state index contributed by atoms with van der Waals surface area (Å²) in [7, 11) is 0. The van der Waals surface area contributed by atoms with Crippen molar-refractivity contribution in [2.75, 3.05) is 17.2 Å². The fraction of sp³-hybridized carbons (Fsp3) is 0.118. The molecule has 2 amide bonds. The summed E-state index contributed by atoms with van der Waals surface area (Å²) >= 11 is 2.80. The van der Waals surface area contributed by atoms with E-state index in [0.29, 0.717) is 21.4 Å². The first kappa shape index (κ1) is 15.8. The van der Waals surface area contributed by atoms with E-state index in [1.165, 1.54) is 22.7 Å². The average Bonchev–Trinajstić information content (AvgIpc) is 3.24. The average molecular weight is 371 g/mol. The van der Waals surface area contributed by atoms with Crippen molar-refractivity contribution < 1.29 is 14.3 Å². The van der Waals surface area contributed by atoms with Crippen LogP contribution in [0.15, 0.2) is 35.7 Å². The number of aromatic nitrogens is 1. The minimum atomic E-state index is -0.177. The number of amides is 2. The quantitative estimate of drug-likeness (QED) is 0.735. The molecule has 0 saturated carbocycles. The third kappa shape index (κ3) is 3.13. The van der Waals surface area contributed by atoms with Crippen molar-refractivity contribution >= 4 is 45.3 Å². The number of ether oxygens (including phenoxy) is 1. The SMILES string of the molecule is Cc1sc(NC(=O)c2cccs2)nc1-c1ccc2c(c1)NC(=O)CO2. The minimum Gasteiger partial charge on any atom is -0.482 e. The third-order valence-electron chi connectivity index (χ3n) is 3.65. The molecule has 2 N–H and O–H groups in total. The highest BCUT2D eigenvalue weighted by Gasteiger charge is 2.19. The molecule has 0 saturated heterocycles. The summed E-state index contributed by atoms with van der Waals surface area (Å²) in [6.45, 7) is 1.98. The normalized spacial score (nSPS) is 12.9. The molecule has 0 radical (unpaired) electrons. The Bertz CT molecular complexity index is 964. The highest BCUT2D eigenvalue weighted by atomic mass is 32.1. The van der Waals surface area contributed by atoms with Gasteiger partial charge in [0.05, 0.1) is 16.3 Å². The molecule has 0 fully saturated rings. The molecule has 126 valence electrons. The largest absolute Gasteiger partial charge is 0.482 e. The van der Waals surface area contributed by atoms with Crippen molar-refractivity contribution in [3.8, 4) is 17.0 Å². The molecular weight excluding hydrogens is 358 g/mol. The summed E-state index contributed by atoms with van der Waals surface area (Å²) in [6.07, 6.45) is 0. The molecule has 0 aliphatic carbocycles. The monoisotopic (exact) mass is 371 g/mol. The van der Waals surface area contributed by atoms with Gasteiger partial charge in [-0.25, -0.2) is 4.98 Å². The summed E-state index contributed by atoms with van der Waals surface area (Å²) in [5.74, 6) is 0.299. The first-order chi connectivity index (χ1) is 12.1. The van der Waals surface area contributed by atoms with Crippen LogP contribution in [0.2, 0.25) is 0 Å². The number of nitrogens with zero attached hydrogens (tertiary/aromatic N) is 1. The van der Waals surface area contributed by atoms with Crippen molar-refractivity contribution in [1.82, 2.24) is 4.98 Å². The number of thiophene rings is 1. The number of fused-ring (bicyclic) bond motifs is 1. The zero-order valence-corrected chi connectivity index (χ0v) is 14.8. The van der Waals surface area contributed by atoms with Gasteiger partial charge in [0.15, 0.2) is 11.7 Å². The lowest BCUT2D eigenvalue weighted by atomic mass is 10.1. The van der Waals surface area contributed by atoms with Crippen LogP contribution in [0.5, 0.6) is 5.75 Å². The van der Waals surface area contributed by atoms with E-state index in [-0.39, 0.29) is 18.4 Å². The second-order valence-electron chi connectivity index (χ2n) is 5.40. The van der Waals surface area contributed by atoms with Crippen LogP contribution < -0.4 is 15.4 Å². The lowest BCUT2D eigenvalue weighted by Crippen LogP contribution is -2.25. The van der Waals surface area contributed by atoms with Crippen molar-refractivity contribution in [3.63, 3.8) is 0 Å². The molecule has 0 bridgehead atoms. The zero-order chi connectivity index (χ0) is 17.4. The Labute approximate surface area is 151 Å². The van der Waals surface area contributed by atoms with E-state index in [2.05, 4.69) is 15.6 Å². The smallest absolute Gasteiger partial charge is 0.267 e. The fourth-order valence-electron chi connectivity index (χ4n) is 2.51. The highest BCUT2D eigenvalue weighted by molar-refractivity contribution is 7.16. The van der Waals surface area contributed by atoms with E-state index in [0.717, 1.165) is 16.1 Å². The van der Waals surface area contributed by atoms with Crippen LogP contribution in [0, 0.1) is 6.92 Å². The lowest BCUT2D eigenvalue weighted by Gasteiger charge is -2.18. The summed E-state index contributed by atoms with van der Waals surface area (Å²) in [5, 5.41) is 8.02. The van der Waals surface area contributed by atoms with Gasteiger partial charge in [-0.2, -0.15) is 0 Å². The van der Waals surface area contributed by atoms with E-state index in [1.807, 2.05) is 36.6 Å². The number of rotatable bonds is 3.